The van der Waals surface area contributed by atoms with Crippen LogP contribution >= 0.6 is 0 Å². The number of methoxy groups -OCH3 is 1. The first-order valence-electron chi connectivity index (χ1n) is 7.11. The highest BCUT2D eigenvalue weighted by atomic mass is 16.5. The van der Waals surface area contributed by atoms with E-state index in [1.807, 2.05) is 12.1 Å². The zero-order valence-electron chi connectivity index (χ0n) is 12.2. The first kappa shape index (κ1) is 15.6. The molecular weight excluding hydrogens is 272 g/mol. The molecule has 0 radical (unpaired) electrons. The van der Waals surface area contributed by atoms with Gasteiger partial charge in [0.25, 0.3) is 0 Å². The van der Waals surface area contributed by atoms with Crippen LogP contribution in [0.2, 0.25) is 0 Å². The summed E-state index contributed by atoms with van der Waals surface area (Å²) in [5.41, 5.74) is 7.81. The highest BCUT2D eigenvalue weighted by molar-refractivity contribution is 5.98. The maximum Gasteiger partial charge on any atom is 0.340 e. The third-order valence-corrected chi connectivity index (χ3v) is 3.72. The molecular formula is C15H22N2O4. The molecule has 116 valence electrons. The molecule has 1 fully saturated rings. The number of piperidine rings is 1. The Morgan fingerprint density at radius 2 is 2.14 bits per heavy atom. The third kappa shape index (κ3) is 3.65. The second-order valence-corrected chi connectivity index (χ2v) is 5.01. The summed E-state index contributed by atoms with van der Waals surface area (Å²) in [6.45, 7) is 2.05. The van der Waals surface area contributed by atoms with Crippen LogP contribution in [0.25, 0.3) is 0 Å². The Hall–Kier alpha value is -1.79. The average molecular weight is 294 g/mol. The standard InChI is InChI=1S/C15H22N2O4/c1-20-15(19)12-3-2-4-13(14(12)16)17-7-5-11(6-8-17)21-10-9-18/h2-4,11,18H,5-10,16H2,1H3. The van der Waals surface area contributed by atoms with Crippen molar-refractivity contribution in [2.24, 2.45) is 0 Å². The summed E-state index contributed by atoms with van der Waals surface area (Å²) in [5.74, 6) is -0.421. The lowest BCUT2D eigenvalue weighted by atomic mass is 10.0. The number of esters is 1. The predicted octanol–water partition coefficient (Wildman–Crippen LogP) is 1.03. The fraction of sp³-hybridized carbons (Fsp3) is 0.533. The van der Waals surface area contributed by atoms with Crippen LogP contribution in [0.5, 0.6) is 0 Å². The SMILES string of the molecule is COC(=O)c1cccc(N2CCC(OCCO)CC2)c1N. The summed E-state index contributed by atoms with van der Waals surface area (Å²) >= 11 is 0. The number of hydrogen-bond acceptors (Lipinski definition) is 6. The van der Waals surface area contributed by atoms with Gasteiger partial charge in [-0.15, -0.1) is 0 Å². The first-order chi connectivity index (χ1) is 10.2. The highest BCUT2D eigenvalue weighted by Crippen LogP contribution is 2.30. The van der Waals surface area contributed by atoms with E-state index in [4.69, 9.17) is 20.3 Å². The molecule has 0 atom stereocenters. The molecule has 6 nitrogen and oxygen atoms in total. The van der Waals surface area contributed by atoms with Gasteiger partial charge >= 0.3 is 5.97 Å². The highest BCUT2D eigenvalue weighted by Gasteiger charge is 2.22. The van der Waals surface area contributed by atoms with Gasteiger partial charge < -0.3 is 25.2 Å². The van der Waals surface area contributed by atoms with Gasteiger partial charge in [0.05, 0.1) is 43.4 Å². The number of aliphatic hydroxyl groups is 1. The summed E-state index contributed by atoms with van der Waals surface area (Å²) < 4.78 is 10.3. The van der Waals surface area contributed by atoms with Gasteiger partial charge in [-0.05, 0) is 25.0 Å². The number of rotatable bonds is 5. The monoisotopic (exact) mass is 294 g/mol. The van der Waals surface area contributed by atoms with Crippen LogP contribution in [0.4, 0.5) is 11.4 Å². The first-order valence-corrected chi connectivity index (χ1v) is 7.11. The van der Waals surface area contributed by atoms with E-state index in [0.29, 0.717) is 17.9 Å². The van der Waals surface area contributed by atoms with Gasteiger partial charge in [0, 0.05) is 13.1 Å². The largest absolute Gasteiger partial charge is 0.465 e. The zero-order chi connectivity index (χ0) is 15.2. The number of nitrogen functional groups attached to an aromatic ring is 1. The lowest BCUT2D eigenvalue weighted by Crippen LogP contribution is -2.37. The van der Waals surface area contributed by atoms with E-state index in [1.165, 1.54) is 7.11 Å². The minimum Gasteiger partial charge on any atom is -0.465 e. The lowest BCUT2D eigenvalue weighted by Gasteiger charge is -2.34. The van der Waals surface area contributed by atoms with Crippen LogP contribution in [0, 0.1) is 0 Å². The van der Waals surface area contributed by atoms with Gasteiger partial charge in [0.1, 0.15) is 0 Å². The van der Waals surface area contributed by atoms with Gasteiger partial charge in [-0.25, -0.2) is 4.79 Å². The number of hydrogen-bond donors (Lipinski definition) is 2. The Morgan fingerprint density at radius 1 is 1.43 bits per heavy atom. The molecule has 21 heavy (non-hydrogen) atoms. The fourth-order valence-electron chi connectivity index (χ4n) is 2.60. The Bertz CT molecular complexity index is 485. The number of benzene rings is 1. The summed E-state index contributed by atoms with van der Waals surface area (Å²) in [5, 5.41) is 8.77. The predicted molar refractivity (Wildman–Crippen MR) is 80.5 cm³/mol. The smallest absolute Gasteiger partial charge is 0.340 e. The van der Waals surface area contributed by atoms with Crippen LogP contribution in [-0.2, 0) is 9.47 Å². The van der Waals surface area contributed by atoms with Crippen molar-refractivity contribution in [2.45, 2.75) is 18.9 Å². The van der Waals surface area contributed by atoms with Crippen LogP contribution in [-0.4, -0.2) is 50.6 Å². The molecule has 1 aromatic carbocycles. The quantitative estimate of drug-likeness (QED) is 0.623. The van der Waals surface area contributed by atoms with Crippen LogP contribution in [0.3, 0.4) is 0 Å². The molecule has 2 rings (SSSR count). The molecule has 0 aliphatic carbocycles. The molecule has 3 N–H and O–H groups in total. The minimum atomic E-state index is -0.421. The second kappa shape index (κ2) is 7.28. The van der Waals surface area contributed by atoms with E-state index < -0.39 is 5.97 Å². The van der Waals surface area contributed by atoms with Gasteiger partial charge in [-0.2, -0.15) is 0 Å². The van der Waals surface area contributed by atoms with Gasteiger partial charge in [0.2, 0.25) is 0 Å². The molecule has 0 amide bonds. The van der Waals surface area contributed by atoms with Crippen LogP contribution in [0.15, 0.2) is 18.2 Å². The molecule has 0 saturated carbocycles. The van der Waals surface area contributed by atoms with E-state index in [2.05, 4.69) is 4.90 Å². The summed E-state index contributed by atoms with van der Waals surface area (Å²) in [4.78, 5) is 13.8. The van der Waals surface area contributed by atoms with Crippen LogP contribution < -0.4 is 10.6 Å². The number of carbonyl (C=O) groups is 1. The topological polar surface area (TPSA) is 85.0 Å². The fourth-order valence-corrected chi connectivity index (χ4v) is 2.60. The van der Waals surface area contributed by atoms with Crippen molar-refractivity contribution in [3.63, 3.8) is 0 Å². The van der Waals surface area contributed by atoms with Crippen molar-refractivity contribution < 1.29 is 19.4 Å². The van der Waals surface area contributed by atoms with Crippen molar-refractivity contribution in [3.05, 3.63) is 23.8 Å². The average Bonchev–Trinajstić information content (AvgIpc) is 2.53. The molecule has 1 aliphatic heterocycles. The van der Waals surface area contributed by atoms with Crippen molar-refractivity contribution in [3.8, 4) is 0 Å². The van der Waals surface area contributed by atoms with Gasteiger partial charge in [-0.3, -0.25) is 0 Å². The van der Waals surface area contributed by atoms with Gasteiger partial charge in [-0.1, -0.05) is 6.07 Å². The van der Waals surface area contributed by atoms with E-state index in [0.717, 1.165) is 31.6 Å². The van der Waals surface area contributed by atoms with E-state index >= 15 is 0 Å². The number of carbonyl (C=O) groups excluding carboxylic acids is 1. The Morgan fingerprint density at radius 3 is 2.76 bits per heavy atom. The van der Waals surface area contributed by atoms with Crippen molar-refractivity contribution in [2.75, 3.05) is 44.0 Å². The minimum absolute atomic E-state index is 0.0499. The van der Waals surface area contributed by atoms with Crippen molar-refractivity contribution in [1.29, 1.82) is 0 Å². The molecule has 6 heteroatoms. The number of nitrogens with two attached hydrogens (primary N) is 1. The molecule has 0 aromatic heterocycles. The Kier molecular flexibility index (Phi) is 5.41. The number of nitrogens with zero attached hydrogens (tertiary/aromatic N) is 1. The Labute approximate surface area is 124 Å². The molecule has 1 heterocycles. The molecule has 0 unspecified atom stereocenters. The summed E-state index contributed by atoms with van der Waals surface area (Å²) in [6.07, 6.45) is 1.93. The molecule has 1 saturated heterocycles. The normalized spacial score (nSPS) is 16.0. The van der Waals surface area contributed by atoms with E-state index in [-0.39, 0.29) is 12.7 Å². The molecule has 0 bridgehead atoms. The van der Waals surface area contributed by atoms with Crippen molar-refractivity contribution >= 4 is 17.3 Å². The second-order valence-electron chi connectivity index (χ2n) is 5.01. The van der Waals surface area contributed by atoms with E-state index in [9.17, 15) is 4.79 Å². The van der Waals surface area contributed by atoms with Gasteiger partial charge in [0.15, 0.2) is 0 Å². The zero-order valence-corrected chi connectivity index (χ0v) is 12.2. The number of ether oxygens (including phenoxy) is 2. The maximum atomic E-state index is 11.7. The molecule has 1 aliphatic rings. The number of anilines is 2. The van der Waals surface area contributed by atoms with Crippen LogP contribution in [0.1, 0.15) is 23.2 Å². The molecule has 1 aromatic rings. The summed E-state index contributed by atoms with van der Waals surface area (Å²) in [7, 11) is 1.35. The number of aliphatic hydroxyl groups excluding tert-OH is 1. The number of para-hydroxylation sites is 1. The third-order valence-electron chi connectivity index (χ3n) is 3.72. The Balaban J connectivity index is 2.05. The maximum absolute atomic E-state index is 11.7. The van der Waals surface area contributed by atoms with E-state index in [1.54, 1.807) is 6.07 Å². The molecule has 0 spiro atoms. The van der Waals surface area contributed by atoms with Crippen molar-refractivity contribution in [1.82, 2.24) is 0 Å². The summed E-state index contributed by atoms with van der Waals surface area (Å²) in [6, 6.07) is 5.39. The lowest BCUT2D eigenvalue weighted by molar-refractivity contribution is 0.0159.